The third kappa shape index (κ3) is 5.55. The van der Waals surface area contributed by atoms with Gasteiger partial charge in [0.2, 0.25) is 17.7 Å². The molecule has 1 aromatic carbocycles. The molecule has 1 fully saturated rings. The summed E-state index contributed by atoms with van der Waals surface area (Å²) in [5.74, 6) is 0.638. The average Bonchev–Trinajstić information content (AvgIpc) is 3.17. The molecule has 1 aliphatic carbocycles. The van der Waals surface area contributed by atoms with Gasteiger partial charge in [-0.3, -0.25) is 9.69 Å². The molecule has 29 heavy (non-hydrogen) atoms. The molecule has 0 saturated heterocycles. The Kier molecular flexibility index (Phi) is 7.24. The predicted molar refractivity (Wildman–Crippen MR) is 110 cm³/mol. The molecule has 1 aliphatic rings. The highest BCUT2D eigenvalue weighted by atomic mass is 35.5. The normalized spacial score (nSPS) is 15.8. The van der Waals surface area contributed by atoms with Crippen molar-refractivity contribution in [2.45, 2.75) is 57.5 Å². The summed E-state index contributed by atoms with van der Waals surface area (Å²) in [6.07, 6.45) is 5.37. The van der Waals surface area contributed by atoms with Gasteiger partial charge in [-0.1, -0.05) is 49.9 Å². The van der Waals surface area contributed by atoms with Gasteiger partial charge in [-0.15, -0.1) is 10.2 Å². The molecular formula is C21H26ClN5O2. The number of carbonyl (C=O) groups excluding carboxylic acids is 1. The van der Waals surface area contributed by atoms with E-state index in [0.717, 1.165) is 25.7 Å². The maximum atomic E-state index is 12.6. The van der Waals surface area contributed by atoms with Crippen LogP contribution in [0.25, 0.3) is 11.5 Å². The summed E-state index contributed by atoms with van der Waals surface area (Å²) >= 11 is 6.19. The van der Waals surface area contributed by atoms with Crippen LogP contribution in [0.3, 0.4) is 0 Å². The van der Waals surface area contributed by atoms with E-state index in [9.17, 15) is 10.1 Å². The molecule has 0 unspecified atom stereocenters. The Bertz CT molecular complexity index is 870. The van der Waals surface area contributed by atoms with Crippen molar-refractivity contribution in [3.8, 4) is 17.5 Å². The van der Waals surface area contributed by atoms with Gasteiger partial charge in [-0.05, 0) is 37.9 Å². The molecule has 3 rings (SSSR count). The molecule has 154 valence electrons. The second-order valence-electron chi connectivity index (χ2n) is 7.49. The Hall–Kier alpha value is -2.43. The standard InChI is InChI=1S/C21H26ClN5O2/c1-2-12-27(13-18(28)24-21(15-23)10-6-3-7-11-21)14-19-25-26-20(29-19)16-8-4-5-9-17(16)22/h4-5,8-9H,2-3,6-7,10-14H2,1H3,(H,24,28). The zero-order valence-corrected chi connectivity index (χ0v) is 17.4. The van der Waals surface area contributed by atoms with E-state index in [1.807, 2.05) is 30.0 Å². The number of halogens is 1. The quantitative estimate of drug-likeness (QED) is 0.701. The summed E-state index contributed by atoms with van der Waals surface area (Å²) in [5, 5.41) is 21.3. The van der Waals surface area contributed by atoms with E-state index in [1.54, 1.807) is 6.07 Å². The average molecular weight is 416 g/mol. The fourth-order valence-electron chi connectivity index (χ4n) is 3.71. The second kappa shape index (κ2) is 9.86. The SMILES string of the molecule is CCCN(CC(=O)NC1(C#N)CCCCC1)Cc1nnc(-c2ccccc2Cl)o1. The molecule has 1 heterocycles. The van der Waals surface area contributed by atoms with Crippen molar-refractivity contribution in [2.75, 3.05) is 13.1 Å². The Morgan fingerprint density at radius 2 is 2.07 bits per heavy atom. The van der Waals surface area contributed by atoms with Crippen LogP contribution >= 0.6 is 11.6 Å². The Morgan fingerprint density at radius 1 is 1.31 bits per heavy atom. The molecular weight excluding hydrogens is 390 g/mol. The first kappa shape index (κ1) is 21.3. The minimum absolute atomic E-state index is 0.146. The number of hydrogen-bond acceptors (Lipinski definition) is 6. The topological polar surface area (TPSA) is 95.1 Å². The summed E-state index contributed by atoms with van der Waals surface area (Å²) < 4.78 is 5.77. The minimum atomic E-state index is -0.727. The van der Waals surface area contributed by atoms with Gasteiger partial charge in [0.15, 0.2) is 0 Å². The second-order valence-corrected chi connectivity index (χ2v) is 7.90. The van der Waals surface area contributed by atoms with Crippen LogP contribution in [0.2, 0.25) is 5.02 Å². The van der Waals surface area contributed by atoms with Gasteiger partial charge in [-0.25, -0.2) is 0 Å². The Balaban J connectivity index is 1.64. The van der Waals surface area contributed by atoms with Crippen LogP contribution in [-0.4, -0.2) is 39.6 Å². The number of benzene rings is 1. The molecule has 0 bridgehead atoms. The van der Waals surface area contributed by atoms with Crippen LogP contribution in [0.4, 0.5) is 0 Å². The monoisotopic (exact) mass is 415 g/mol. The van der Waals surface area contributed by atoms with Crippen LogP contribution in [0.1, 0.15) is 51.3 Å². The first-order valence-electron chi connectivity index (χ1n) is 10.1. The maximum absolute atomic E-state index is 12.6. The van der Waals surface area contributed by atoms with Crippen molar-refractivity contribution in [3.05, 3.63) is 35.2 Å². The van der Waals surface area contributed by atoms with Gasteiger partial charge in [0, 0.05) is 0 Å². The van der Waals surface area contributed by atoms with Crippen molar-refractivity contribution >= 4 is 17.5 Å². The highest BCUT2D eigenvalue weighted by Crippen LogP contribution is 2.28. The fourth-order valence-corrected chi connectivity index (χ4v) is 3.93. The molecule has 0 atom stereocenters. The predicted octanol–water partition coefficient (Wildman–Crippen LogP) is 3.94. The zero-order valence-electron chi connectivity index (χ0n) is 16.7. The minimum Gasteiger partial charge on any atom is -0.419 e. The van der Waals surface area contributed by atoms with Crippen LogP contribution in [0, 0.1) is 11.3 Å². The highest BCUT2D eigenvalue weighted by Gasteiger charge is 2.33. The lowest BCUT2D eigenvalue weighted by molar-refractivity contribution is -0.124. The molecule has 8 heteroatoms. The van der Waals surface area contributed by atoms with Crippen molar-refractivity contribution in [2.24, 2.45) is 0 Å². The summed E-state index contributed by atoms with van der Waals surface area (Å²) in [5.41, 5.74) is -0.0458. The lowest BCUT2D eigenvalue weighted by Gasteiger charge is -2.32. The van der Waals surface area contributed by atoms with Crippen LogP contribution in [-0.2, 0) is 11.3 Å². The molecule has 1 aromatic heterocycles. The Morgan fingerprint density at radius 3 is 2.76 bits per heavy atom. The van der Waals surface area contributed by atoms with E-state index in [-0.39, 0.29) is 12.5 Å². The van der Waals surface area contributed by atoms with Gasteiger partial charge in [-0.2, -0.15) is 5.26 Å². The van der Waals surface area contributed by atoms with Crippen molar-refractivity contribution < 1.29 is 9.21 Å². The summed E-state index contributed by atoms with van der Waals surface area (Å²) in [7, 11) is 0. The number of nitrogens with zero attached hydrogens (tertiary/aromatic N) is 4. The van der Waals surface area contributed by atoms with E-state index >= 15 is 0 Å². The number of nitrogens with one attached hydrogen (secondary N) is 1. The third-order valence-electron chi connectivity index (χ3n) is 5.14. The molecule has 2 aromatic rings. The lowest BCUT2D eigenvalue weighted by Crippen LogP contribution is -2.51. The van der Waals surface area contributed by atoms with E-state index in [1.165, 1.54) is 0 Å². The van der Waals surface area contributed by atoms with Gasteiger partial charge in [0.1, 0.15) is 5.54 Å². The molecule has 1 amide bonds. The number of rotatable bonds is 8. The first-order chi connectivity index (χ1) is 14.0. The van der Waals surface area contributed by atoms with Crippen molar-refractivity contribution in [3.63, 3.8) is 0 Å². The number of carbonyl (C=O) groups is 1. The smallest absolute Gasteiger partial charge is 0.249 e. The largest absolute Gasteiger partial charge is 0.419 e. The molecule has 7 nitrogen and oxygen atoms in total. The van der Waals surface area contributed by atoms with Gasteiger partial charge in [0.05, 0.1) is 29.7 Å². The fraction of sp³-hybridized carbons (Fsp3) is 0.524. The summed E-state index contributed by atoms with van der Waals surface area (Å²) in [6, 6.07) is 9.61. The van der Waals surface area contributed by atoms with Gasteiger partial charge < -0.3 is 9.73 Å². The first-order valence-corrected chi connectivity index (χ1v) is 10.4. The van der Waals surface area contributed by atoms with E-state index in [2.05, 4.69) is 21.6 Å². The number of aromatic nitrogens is 2. The zero-order chi connectivity index (χ0) is 20.7. The molecule has 0 radical (unpaired) electrons. The number of nitriles is 1. The molecule has 0 spiro atoms. The number of hydrogen-bond donors (Lipinski definition) is 1. The van der Waals surface area contributed by atoms with Gasteiger partial charge in [0.25, 0.3) is 0 Å². The summed E-state index contributed by atoms with van der Waals surface area (Å²) in [6.45, 7) is 3.29. The van der Waals surface area contributed by atoms with Gasteiger partial charge >= 0.3 is 0 Å². The molecule has 0 aliphatic heterocycles. The summed E-state index contributed by atoms with van der Waals surface area (Å²) in [4.78, 5) is 14.6. The van der Waals surface area contributed by atoms with E-state index in [4.69, 9.17) is 16.0 Å². The van der Waals surface area contributed by atoms with Crippen LogP contribution in [0.5, 0.6) is 0 Å². The highest BCUT2D eigenvalue weighted by molar-refractivity contribution is 6.33. The van der Waals surface area contributed by atoms with Crippen LogP contribution in [0.15, 0.2) is 28.7 Å². The molecule has 1 saturated carbocycles. The maximum Gasteiger partial charge on any atom is 0.249 e. The van der Waals surface area contributed by atoms with Crippen molar-refractivity contribution in [1.29, 1.82) is 5.26 Å². The molecule has 1 N–H and O–H groups in total. The third-order valence-corrected chi connectivity index (χ3v) is 5.47. The van der Waals surface area contributed by atoms with E-state index in [0.29, 0.717) is 48.3 Å². The Labute approximate surface area is 176 Å². The number of amides is 1. The lowest BCUT2D eigenvalue weighted by atomic mass is 9.83. The van der Waals surface area contributed by atoms with Crippen molar-refractivity contribution in [1.82, 2.24) is 20.4 Å². The van der Waals surface area contributed by atoms with Crippen LogP contribution < -0.4 is 5.32 Å². The van der Waals surface area contributed by atoms with E-state index < -0.39 is 5.54 Å².